The fourth-order valence-corrected chi connectivity index (χ4v) is 5.44. The molecule has 0 saturated carbocycles. The minimum absolute atomic E-state index is 0.0589. The molecule has 8 heteroatoms. The first-order valence-electron chi connectivity index (χ1n) is 11.1. The lowest BCUT2D eigenvalue weighted by Gasteiger charge is -2.17. The Balaban J connectivity index is 1.26. The lowest BCUT2D eigenvalue weighted by atomic mass is 10.2. The quantitative estimate of drug-likeness (QED) is 0.353. The van der Waals surface area contributed by atoms with Crippen molar-refractivity contribution in [1.82, 2.24) is 14.8 Å². The first-order chi connectivity index (χ1) is 16.3. The van der Waals surface area contributed by atoms with E-state index in [2.05, 4.69) is 44.0 Å². The number of rotatable bonds is 8. The van der Waals surface area contributed by atoms with Gasteiger partial charge in [0, 0.05) is 41.4 Å². The van der Waals surface area contributed by atoms with E-state index >= 15 is 0 Å². The minimum atomic E-state index is -0.0589. The predicted molar refractivity (Wildman–Crippen MR) is 136 cm³/mol. The van der Waals surface area contributed by atoms with Crippen LogP contribution >= 0.6 is 23.1 Å². The van der Waals surface area contributed by atoms with Crippen LogP contribution in [0.25, 0.3) is 5.69 Å². The summed E-state index contributed by atoms with van der Waals surface area (Å²) < 4.78 is 2.04. The Morgan fingerprint density at radius 3 is 2.45 bits per heavy atom. The number of carbonyl (C=O) groups excluding carboxylic acids is 1. The molecule has 1 saturated heterocycles. The van der Waals surface area contributed by atoms with Gasteiger partial charge in [0.1, 0.15) is 5.82 Å². The molecule has 1 N–H and O–H groups in total. The second-order valence-electron chi connectivity index (χ2n) is 7.90. The van der Waals surface area contributed by atoms with Crippen molar-refractivity contribution in [2.75, 3.05) is 29.1 Å². The van der Waals surface area contributed by atoms with Gasteiger partial charge >= 0.3 is 0 Å². The average Bonchev–Trinajstić information content (AvgIpc) is 3.62. The molecule has 0 radical (unpaired) electrons. The fraction of sp³-hybridized carbons (Fsp3) is 0.240. The highest BCUT2D eigenvalue weighted by Gasteiger charge is 2.17. The highest BCUT2D eigenvalue weighted by Crippen LogP contribution is 2.25. The third-order valence-electron chi connectivity index (χ3n) is 5.58. The van der Waals surface area contributed by atoms with Crippen molar-refractivity contribution in [3.63, 3.8) is 0 Å². The molecule has 2 aromatic carbocycles. The highest BCUT2D eigenvalue weighted by atomic mass is 32.2. The van der Waals surface area contributed by atoms with E-state index in [-0.39, 0.29) is 11.7 Å². The summed E-state index contributed by atoms with van der Waals surface area (Å²) >= 11 is 3.10. The van der Waals surface area contributed by atoms with Gasteiger partial charge in [0.05, 0.1) is 5.75 Å². The minimum Gasteiger partial charge on any atom is -0.372 e. The van der Waals surface area contributed by atoms with Crippen molar-refractivity contribution in [2.45, 2.75) is 24.4 Å². The Bertz CT molecular complexity index is 1180. The summed E-state index contributed by atoms with van der Waals surface area (Å²) in [5.74, 6) is 1.07. The van der Waals surface area contributed by atoms with Gasteiger partial charge in [0.25, 0.3) is 0 Å². The topological polar surface area (TPSA) is 63.1 Å². The van der Waals surface area contributed by atoms with Crippen molar-refractivity contribution in [1.29, 1.82) is 0 Å². The van der Waals surface area contributed by atoms with Crippen LogP contribution in [0.5, 0.6) is 0 Å². The molecule has 33 heavy (non-hydrogen) atoms. The smallest absolute Gasteiger partial charge is 0.234 e. The van der Waals surface area contributed by atoms with E-state index in [1.165, 1.54) is 35.2 Å². The highest BCUT2D eigenvalue weighted by molar-refractivity contribution is 7.99. The molecule has 4 aromatic rings. The van der Waals surface area contributed by atoms with Crippen LogP contribution in [0.15, 0.2) is 77.3 Å². The number of amides is 1. The van der Waals surface area contributed by atoms with E-state index in [9.17, 15) is 4.79 Å². The van der Waals surface area contributed by atoms with Gasteiger partial charge in [0.15, 0.2) is 5.16 Å². The second-order valence-corrected chi connectivity index (χ2v) is 9.88. The number of nitrogens with zero attached hydrogens (tertiary/aromatic N) is 4. The van der Waals surface area contributed by atoms with Gasteiger partial charge in [-0.2, -0.15) is 0 Å². The Hall–Kier alpha value is -3.10. The molecule has 0 bridgehead atoms. The van der Waals surface area contributed by atoms with Crippen molar-refractivity contribution in [3.05, 3.63) is 82.8 Å². The summed E-state index contributed by atoms with van der Waals surface area (Å²) in [5.41, 5.74) is 3.02. The largest absolute Gasteiger partial charge is 0.372 e. The summed E-state index contributed by atoms with van der Waals surface area (Å²) in [6.07, 6.45) is 3.20. The second kappa shape index (κ2) is 10.2. The third-order valence-corrected chi connectivity index (χ3v) is 7.39. The molecule has 1 amide bonds. The third kappa shape index (κ3) is 5.29. The summed E-state index contributed by atoms with van der Waals surface area (Å²) in [6.45, 7) is 2.22. The maximum absolute atomic E-state index is 12.6. The normalized spacial score (nSPS) is 13.4. The number of hydrogen-bond donors (Lipinski definition) is 1. The molecule has 1 aliphatic rings. The molecule has 1 fully saturated rings. The van der Waals surface area contributed by atoms with Crippen LogP contribution in [0.1, 0.15) is 23.5 Å². The maximum Gasteiger partial charge on any atom is 0.234 e. The van der Waals surface area contributed by atoms with Crippen LogP contribution in [0.4, 0.5) is 11.4 Å². The summed E-state index contributed by atoms with van der Waals surface area (Å²) in [4.78, 5) is 16.2. The van der Waals surface area contributed by atoms with Crippen LogP contribution in [-0.4, -0.2) is 39.5 Å². The maximum atomic E-state index is 12.6. The number of benzene rings is 2. The van der Waals surface area contributed by atoms with Crippen LogP contribution < -0.4 is 10.2 Å². The molecule has 6 nitrogen and oxygen atoms in total. The zero-order valence-electron chi connectivity index (χ0n) is 18.2. The number of thiophene rings is 1. The van der Waals surface area contributed by atoms with E-state index < -0.39 is 0 Å². The molecular weight excluding hydrogens is 450 g/mol. The van der Waals surface area contributed by atoms with E-state index in [0.29, 0.717) is 11.6 Å². The molecule has 0 aliphatic carbocycles. The lowest BCUT2D eigenvalue weighted by Crippen LogP contribution is -2.18. The number of hydrogen-bond acceptors (Lipinski definition) is 6. The molecule has 0 unspecified atom stereocenters. The van der Waals surface area contributed by atoms with E-state index in [4.69, 9.17) is 0 Å². The Morgan fingerprint density at radius 1 is 0.939 bits per heavy atom. The number of nitrogens with one attached hydrogen (secondary N) is 1. The van der Waals surface area contributed by atoms with Gasteiger partial charge in [-0.1, -0.05) is 36.0 Å². The van der Waals surface area contributed by atoms with Crippen LogP contribution in [-0.2, 0) is 11.2 Å². The number of aromatic nitrogens is 3. The number of para-hydroxylation sites is 1. The summed E-state index contributed by atoms with van der Waals surface area (Å²) in [6, 6.07) is 22.3. The molecule has 2 aromatic heterocycles. The zero-order chi connectivity index (χ0) is 22.5. The van der Waals surface area contributed by atoms with Crippen molar-refractivity contribution in [3.8, 4) is 5.69 Å². The van der Waals surface area contributed by atoms with E-state index in [0.717, 1.165) is 30.3 Å². The van der Waals surface area contributed by atoms with E-state index in [1.807, 2.05) is 53.1 Å². The molecular formula is C25H25N5OS2. The number of anilines is 2. The van der Waals surface area contributed by atoms with Crippen LogP contribution in [0, 0.1) is 0 Å². The molecule has 0 spiro atoms. The molecule has 168 valence electrons. The van der Waals surface area contributed by atoms with Gasteiger partial charge in [-0.05, 0) is 60.7 Å². The number of carbonyl (C=O) groups is 1. The zero-order valence-corrected chi connectivity index (χ0v) is 19.8. The molecule has 5 rings (SSSR count). The first kappa shape index (κ1) is 21.7. The van der Waals surface area contributed by atoms with Crippen LogP contribution in [0.3, 0.4) is 0 Å². The van der Waals surface area contributed by atoms with Gasteiger partial charge in [-0.25, -0.2) is 0 Å². The van der Waals surface area contributed by atoms with Gasteiger partial charge < -0.3 is 10.2 Å². The van der Waals surface area contributed by atoms with Crippen molar-refractivity contribution < 1.29 is 4.79 Å². The fourth-order valence-electron chi connectivity index (χ4n) is 3.97. The average molecular weight is 476 g/mol. The standard InChI is InChI=1S/C25H25N5OS2/c31-24(26-19-10-12-20(13-11-19)29-14-4-5-15-29)18-33-25-28-27-23(17-22-9-6-16-32-22)30(25)21-7-2-1-3-8-21/h1-3,6-13,16H,4-5,14-15,17-18H2,(H,26,31). The van der Waals surface area contributed by atoms with Gasteiger partial charge in [0.2, 0.25) is 5.91 Å². The lowest BCUT2D eigenvalue weighted by molar-refractivity contribution is -0.113. The van der Waals surface area contributed by atoms with Gasteiger partial charge in [-0.15, -0.1) is 21.5 Å². The number of thioether (sulfide) groups is 1. The Kier molecular flexibility index (Phi) is 6.73. The Labute approximate surface area is 201 Å². The predicted octanol–water partition coefficient (Wildman–Crippen LogP) is 5.25. The van der Waals surface area contributed by atoms with Crippen LogP contribution in [0.2, 0.25) is 0 Å². The van der Waals surface area contributed by atoms with Crippen molar-refractivity contribution in [2.24, 2.45) is 0 Å². The summed E-state index contributed by atoms with van der Waals surface area (Å²) in [5, 5.41) is 14.6. The molecule has 3 heterocycles. The molecule has 0 atom stereocenters. The first-order valence-corrected chi connectivity index (χ1v) is 12.9. The SMILES string of the molecule is O=C(CSc1nnc(Cc2cccs2)n1-c1ccccc1)Nc1ccc(N2CCCC2)cc1. The van der Waals surface area contributed by atoms with E-state index in [1.54, 1.807) is 11.3 Å². The monoisotopic (exact) mass is 475 g/mol. The summed E-state index contributed by atoms with van der Waals surface area (Å²) in [7, 11) is 0. The van der Waals surface area contributed by atoms with Gasteiger partial charge in [-0.3, -0.25) is 9.36 Å². The molecule has 1 aliphatic heterocycles. The van der Waals surface area contributed by atoms with Crippen molar-refractivity contribution >= 4 is 40.4 Å². The Morgan fingerprint density at radius 2 is 1.73 bits per heavy atom.